The van der Waals surface area contributed by atoms with Crippen LogP contribution in [-0.4, -0.2) is 48.4 Å². The number of carbonyl (C=O) groups is 1. The van der Waals surface area contributed by atoms with Gasteiger partial charge in [0.05, 0.1) is 0 Å². The Kier molecular flexibility index (Phi) is 7.37. The van der Waals surface area contributed by atoms with Crippen molar-refractivity contribution in [2.24, 2.45) is 0 Å². The second-order valence-electron chi connectivity index (χ2n) is 7.02. The Morgan fingerprint density at radius 1 is 1.07 bits per heavy atom. The number of amides is 1. The van der Waals surface area contributed by atoms with E-state index < -0.39 is 0 Å². The molecule has 0 aliphatic carbocycles. The molecule has 2 aromatic carbocycles. The van der Waals surface area contributed by atoms with Crippen molar-refractivity contribution in [1.82, 2.24) is 15.1 Å². The molecule has 1 saturated heterocycles. The molecular formula is C23H25FN4O. The third-order valence-electron chi connectivity index (χ3n) is 5.00. The van der Waals surface area contributed by atoms with Crippen LogP contribution in [0.3, 0.4) is 0 Å². The van der Waals surface area contributed by atoms with Gasteiger partial charge in [-0.25, -0.2) is 4.39 Å². The summed E-state index contributed by atoms with van der Waals surface area (Å²) in [6.45, 7) is 4.06. The zero-order valence-corrected chi connectivity index (χ0v) is 16.4. The van der Waals surface area contributed by atoms with Crippen molar-refractivity contribution in [3.63, 3.8) is 0 Å². The van der Waals surface area contributed by atoms with Gasteiger partial charge in [0.15, 0.2) is 0 Å². The maximum Gasteiger partial charge on any atom is 0.266 e. The van der Waals surface area contributed by atoms with Gasteiger partial charge in [-0.05, 0) is 23.6 Å². The van der Waals surface area contributed by atoms with Gasteiger partial charge in [0, 0.05) is 45.5 Å². The van der Waals surface area contributed by atoms with E-state index in [-0.39, 0.29) is 17.3 Å². The van der Waals surface area contributed by atoms with Crippen LogP contribution in [0.5, 0.6) is 0 Å². The molecular weight excluding hydrogens is 367 g/mol. The minimum Gasteiger partial charge on any atom is -0.389 e. The van der Waals surface area contributed by atoms with Crippen LogP contribution in [0.15, 0.2) is 66.4 Å². The molecule has 0 spiro atoms. The number of halogens is 1. The van der Waals surface area contributed by atoms with Crippen LogP contribution in [0.4, 0.5) is 4.39 Å². The highest BCUT2D eigenvalue weighted by molar-refractivity contribution is 5.97. The minimum absolute atomic E-state index is 0.0787. The molecule has 0 radical (unpaired) electrons. The van der Waals surface area contributed by atoms with Gasteiger partial charge >= 0.3 is 0 Å². The van der Waals surface area contributed by atoms with E-state index in [1.807, 2.05) is 24.3 Å². The third kappa shape index (κ3) is 5.90. The van der Waals surface area contributed by atoms with Crippen LogP contribution in [0, 0.1) is 17.1 Å². The highest BCUT2D eigenvalue weighted by atomic mass is 19.1. The van der Waals surface area contributed by atoms with Crippen molar-refractivity contribution in [2.75, 3.05) is 32.7 Å². The molecule has 1 aliphatic rings. The molecule has 0 saturated carbocycles. The van der Waals surface area contributed by atoms with Gasteiger partial charge < -0.3 is 10.2 Å². The molecule has 150 valence electrons. The van der Waals surface area contributed by atoms with Crippen LogP contribution in [0.2, 0.25) is 0 Å². The highest BCUT2D eigenvalue weighted by Crippen LogP contribution is 2.11. The fraction of sp³-hybridized carbons (Fsp3) is 0.304. The van der Waals surface area contributed by atoms with Crippen molar-refractivity contribution >= 4 is 5.91 Å². The summed E-state index contributed by atoms with van der Waals surface area (Å²) in [5, 5.41) is 12.3. The van der Waals surface area contributed by atoms with Crippen molar-refractivity contribution < 1.29 is 9.18 Å². The van der Waals surface area contributed by atoms with Crippen LogP contribution in [0.25, 0.3) is 0 Å². The topological polar surface area (TPSA) is 59.4 Å². The molecule has 0 aromatic heterocycles. The number of piperazine rings is 1. The van der Waals surface area contributed by atoms with Gasteiger partial charge in [-0.3, -0.25) is 9.69 Å². The summed E-state index contributed by atoms with van der Waals surface area (Å²) in [7, 11) is 0. The number of rotatable bonds is 7. The molecule has 1 heterocycles. The quantitative estimate of drug-likeness (QED) is 0.447. The second kappa shape index (κ2) is 10.4. The monoisotopic (exact) mass is 392 g/mol. The summed E-state index contributed by atoms with van der Waals surface area (Å²) in [5.41, 5.74) is 1.94. The van der Waals surface area contributed by atoms with Crippen LogP contribution < -0.4 is 5.32 Å². The number of hydrogen-bond acceptors (Lipinski definition) is 4. The standard InChI is InChI=1S/C23H25FN4O/c24-22-9-5-4-8-20(22)10-11-26-17-21(16-25)23(29)28-14-12-27(13-15-28)18-19-6-2-1-3-7-19/h1-9,17,26H,10-15,18H2/b21-17-. The zero-order valence-electron chi connectivity index (χ0n) is 16.4. The number of hydrogen-bond donors (Lipinski definition) is 1. The summed E-state index contributed by atoms with van der Waals surface area (Å²) in [4.78, 5) is 16.7. The molecule has 0 atom stereocenters. The van der Waals surface area contributed by atoms with E-state index >= 15 is 0 Å². The van der Waals surface area contributed by atoms with Gasteiger partial charge in [0.25, 0.3) is 5.91 Å². The average Bonchev–Trinajstić information content (AvgIpc) is 2.76. The maximum atomic E-state index is 13.6. The van der Waals surface area contributed by atoms with Gasteiger partial charge in [-0.2, -0.15) is 5.26 Å². The zero-order chi connectivity index (χ0) is 20.5. The molecule has 1 aliphatic heterocycles. The van der Waals surface area contributed by atoms with E-state index in [9.17, 15) is 14.4 Å². The normalized spacial score (nSPS) is 15.0. The average molecular weight is 392 g/mol. The minimum atomic E-state index is -0.259. The number of nitriles is 1. The Morgan fingerprint density at radius 2 is 1.76 bits per heavy atom. The van der Waals surface area contributed by atoms with E-state index in [0.29, 0.717) is 31.6 Å². The number of benzene rings is 2. The van der Waals surface area contributed by atoms with E-state index in [1.54, 1.807) is 23.1 Å². The number of nitrogens with one attached hydrogen (secondary N) is 1. The second-order valence-corrected chi connectivity index (χ2v) is 7.02. The first kappa shape index (κ1) is 20.6. The van der Waals surface area contributed by atoms with E-state index in [4.69, 9.17) is 0 Å². The Bertz CT molecular complexity index is 883. The predicted octanol–water partition coefficient (Wildman–Crippen LogP) is 2.71. The number of carbonyl (C=O) groups excluding carboxylic acids is 1. The fourth-order valence-corrected chi connectivity index (χ4v) is 3.35. The van der Waals surface area contributed by atoms with Crippen LogP contribution >= 0.6 is 0 Å². The van der Waals surface area contributed by atoms with Gasteiger partial charge in [0.2, 0.25) is 0 Å². The van der Waals surface area contributed by atoms with E-state index in [0.717, 1.165) is 19.6 Å². The first-order chi connectivity index (χ1) is 14.2. The molecule has 29 heavy (non-hydrogen) atoms. The SMILES string of the molecule is N#C/C(=C/NCCc1ccccc1F)C(=O)N1CCN(Cc2ccccc2)CC1. The van der Waals surface area contributed by atoms with Gasteiger partial charge in [-0.15, -0.1) is 0 Å². The van der Waals surface area contributed by atoms with Crippen molar-refractivity contribution in [3.8, 4) is 6.07 Å². The molecule has 2 aromatic rings. The lowest BCUT2D eigenvalue weighted by Gasteiger charge is -2.34. The molecule has 5 nitrogen and oxygen atoms in total. The van der Waals surface area contributed by atoms with Crippen molar-refractivity contribution in [1.29, 1.82) is 5.26 Å². The van der Waals surface area contributed by atoms with Crippen molar-refractivity contribution in [2.45, 2.75) is 13.0 Å². The number of nitrogens with zero attached hydrogens (tertiary/aromatic N) is 3. The molecule has 0 bridgehead atoms. The fourth-order valence-electron chi connectivity index (χ4n) is 3.35. The summed E-state index contributed by atoms with van der Waals surface area (Å²) < 4.78 is 13.6. The first-order valence-electron chi connectivity index (χ1n) is 9.80. The van der Waals surface area contributed by atoms with E-state index in [1.165, 1.54) is 17.8 Å². The molecule has 1 fully saturated rings. The summed E-state index contributed by atoms with van der Waals surface area (Å²) in [6.07, 6.45) is 1.92. The Labute approximate surface area is 171 Å². The van der Waals surface area contributed by atoms with Gasteiger partial charge in [-0.1, -0.05) is 48.5 Å². The van der Waals surface area contributed by atoms with Gasteiger partial charge in [0.1, 0.15) is 17.5 Å². The third-order valence-corrected chi connectivity index (χ3v) is 5.00. The maximum absolute atomic E-state index is 13.6. The predicted molar refractivity (Wildman–Crippen MR) is 110 cm³/mol. The summed E-state index contributed by atoms with van der Waals surface area (Å²) >= 11 is 0. The molecule has 1 N–H and O–H groups in total. The van der Waals surface area contributed by atoms with Crippen LogP contribution in [0.1, 0.15) is 11.1 Å². The lowest BCUT2D eigenvalue weighted by Crippen LogP contribution is -2.48. The lowest BCUT2D eigenvalue weighted by atomic mass is 10.1. The first-order valence-corrected chi connectivity index (χ1v) is 9.80. The highest BCUT2D eigenvalue weighted by Gasteiger charge is 2.23. The Hall–Kier alpha value is -3.17. The molecule has 0 unspecified atom stereocenters. The molecule has 1 amide bonds. The van der Waals surface area contributed by atoms with Crippen molar-refractivity contribution in [3.05, 3.63) is 83.3 Å². The largest absolute Gasteiger partial charge is 0.389 e. The lowest BCUT2D eigenvalue weighted by molar-refractivity contribution is -0.128. The summed E-state index contributed by atoms with van der Waals surface area (Å²) in [5.74, 6) is -0.506. The Balaban J connectivity index is 1.46. The van der Waals surface area contributed by atoms with E-state index in [2.05, 4.69) is 22.3 Å². The van der Waals surface area contributed by atoms with Crippen LogP contribution in [-0.2, 0) is 17.8 Å². The smallest absolute Gasteiger partial charge is 0.266 e. The molecule has 3 rings (SSSR count). The molecule has 6 heteroatoms. The Morgan fingerprint density at radius 3 is 2.45 bits per heavy atom. The summed E-state index contributed by atoms with van der Waals surface area (Å²) in [6, 6.07) is 18.8.